The van der Waals surface area contributed by atoms with Crippen LogP contribution in [0.5, 0.6) is 0 Å². The highest BCUT2D eigenvalue weighted by molar-refractivity contribution is 5.78. The van der Waals surface area contributed by atoms with Crippen LogP contribution < -0.4 is 5.32 Å². The Hall–Kier alpha value is -0.910. The predicted molar refractivity (Wildman–Crippen MR) is 142 cm³/mol. The summed E-state index contributed by atoms with van der Waals surface area (Å²) < 4.78 is 13.4. The molecule has 5 heteroatoms. The van der Waals surface area contributed by atoms with Crippen LogP contribution in [0.2, 0.25) is 0 Å². The van der Waals surface area contributed by atoms with Crippen LogP contribution in [0.4, 0.5) is 0 Å². The van der Waals surface area contributed by atoms with Crippen molar-refractivity contribution in [3.05, 3.63) is 11.6 Å². The average Bonchev–Trinajstić information content (AvgIpc) is 3.26. The van der Waals surface area contributed by atoms with Crippen LogP contribution in [0.15, 0.2) is 11.6 Å². The summed E-state index contributed by atoms with van der Waals surface area (Å²) in [5.74, 6) is 3.97. The molecule has 36 heavy (non-hydrogen) atoms. The van der Waals surface area contributed by atoms with Gasteiger partial charge in [0.25, 0.3) is 0 Å². The van der Waals surface area contributed by atoms with Crippen molar-refractivity contribution < 1.29 is 14.3 Å². The minimum atomic E-state index is -0.312. The summed E-state index contributed by atoms with van der Waals surface area (Å²) in [4.78, 5) is 14.4. The summed E-state index contributed by atoms with van der Waals surface area (Å²) in [7, 11) is 3.92. The molecule has 6 aliphatic rings. The number of nitrogens with zero attached hydrogens (tertiary/aromatic N) is 1. The lowest BCUT2D eigenvalue weighted by molar-refractivity contribution is -0.272. The highest BCUT2D eigenvalue weighted by Crippen LogP contribution is 2.70. The van der Waals surface area contributed by atoms with Crippen LogP contribution in [0, 0.1) is 46.3 Å². The Labute approximate surface area is 219 Å². The normalized spacial score (nSPS) is 51.8. The van der Waals surface area contributed by atoms with Gasteiger partial charge in [-0.15, -0.1) is 0 Å². The van der Waals surface area contributed by atoms with Crippen LogP contribution in [0.1, 0.15) is 85.5 Å². The highest BCUT2D eigenvalue weighted by Gasteiger charge is 2.68. The molecule has 1 amide bonds. The van der Waals surface area contributed by atoms with E-state index >= 15 is 0 Å². The van der Waals surface area contributed by atoms with E-state index in [9.17, 15) is 4.79 Å². The average molecular weight is 499 g/mol. The number of ether oxygens (including phenoxy) is 2. The first-order valence-corrected chi connectivity index (χ1v) is 15.0. The highest BCUT2D eigenvalue weighted by atomic mass is 16.7. The van der Waals surface area contributed by atoms with Gasteiger partial charge in [-0.1, -0.05) is 39.3 Å². The number of carbonyl (C=O) groups excluding carboxylic acids is 1. The molecular weight excluding hydrogens is 448 g/mol. The lowest BCUT2D eigenvalue weighted by atomic mass is 9.46. The minimum Gasteiger partial charge on any atom is -0.352 e. The Morgan fingerprint density at radius 3 is 2.64 bits per heavy atom. The SMILES string of the molecule is C[C@@H]1CC[C@@]2(OC1)O[C@H]1C[C@H]3[C@@H]4CC=C5C[C@H](NC(=O)CN(C)C)CC[C@]5(C)[C@H]4CC[C@]3(C)[C@H]1[C@@H]2C. The van der Waals surface area contributed by atoms with Gasteiger partial charge in [-0.3, -0.25) is 4.79 Å². The topological polar surface area (TPSA) is 50.8 Å². The third-order valence-electron chi connectivity index (χ3n) is 12.2. The Bertz CT molecular complexity index is 907. The zero-order chi connectivity index (χ0) is 25.5. The van der Waals surface area contributed by atoms with E-state index in [-0.39, 0.29) is 11.7 Å². The fraction of sp³-hybridized carbons (Fsp3) is 0.903. The summed E-state index contributed by atoms with van der Waals surface area (Å²) in [6.45, 7) is 11.3. The van der Waals surface area contributed by atoms with Crippen molar-refractivity contribution in [2.75, 3.05) is 27.2 Å². The molecule has 0 radical (unpaired) electrons. The molecule has 4 aliphatic carbocycles. The van der Waals surface area contributed by atoms with Crippen molar-refractivity contribution in [1.29, 1.82) is 0 Å². The van der Waals surface area contributed by atoms with Gasteiger partial charge in [0, 0.05) is 18.4 Å². The summed E-state index contributed by atoms with van der Waals surface area (Å²) in [6, 6.07) is 0.302. The van der Waals surface area contributed by atoms with Gasteiger partial charge in [-0.25, -0.2) is 0 Å². The first-order chi connectivity index (χ1) is 17.1. The molecular formula is C31H50N2O3. The largest absolute Gasteiger partial charge is 0.352 e. The van der Waals surface area contributed by atoms with Crippen LogP contribution >= 0.6 is 0 Å². The molecule has 1 N–H and O–H groups in total. The molecule has 0 unspecified atom stereocenters. The van der Waals surface area contributed by atoms with Gasteiger partial charge in [0.05, 0.1) is 19.3 Å². The maximum absolute atomic E-state index is 12.4. The van der Waals surface area contributed by atoms with Gasteiger partial charge >= 0.3 is 0 Å². The standard InChI is InChI=1S/C31H50N2O3/c1-19-9-14-31(35-18-19)20(2)28-26(36-31)16-25-23-8-7-21-15-22(32-27(34)17-33(5)6)10-12-29(21,3)24(23)11-13-30(25,28)4/h7,19-20,22-26,28H,8-18H2,1-6H3,(H,32,34)/t19-,20+,22-,23-,24+,25+,26+,28+,29+,30+,31-/m1/s1. The van der Waals surface area contributed by atoms with E-state index in [2.05, 4.69) is 39.1 Å². The first kappa shape index (κ1) is 25.4. The van der Waals surface area contributed by atoms with Crippen LogP contribution in [0.3, 0.4) is 0 Å². The summed E-state index contributed by atoms with van der Waals surface area (Å²) in [5, 5.41) is 3.33. The van der Waals surface area contributed by atoms with Gasteiger partial charge in [0.1, 0.15) is 0 Å². The fourth-order valence-electron chi connectivity index (χ4n) is 10.4. The Morgan fingerprint density at radius 2 is 1.92 bits per heavy atom. The monoisotopic (exact) mass is 498 g/mol. The number of nitrogens with one attached hydrogen (secondary N) is 1. The van der Waals surface area contributed by atoms with Crippen molar-refractivity contribution in [1.82, 2.24) is 10.2 Å². The number of hydrogen-bond acceptors (Lipinski definition) is 4. The molecule has 11 atom stereocenters. The van der Waals surface area contributed by atoms with Crippen LogP contribution in [-0.2, 0) is 14.3 Å². The van der Waals surface area contributed by atoms with Gasteiger partial charge in [-0.2, -0.15) is 0 Å². The lowest BCUT2D eigenvalue weighted by Crippen LogP contribution is -2.53. The number of allylic oxidation sites excluding steroid dienone is 1. The smallest absolute Gasteiger partial charge is 0.234 e. The van der Waals surface area contributed by atoms with Crippen molar-refractivity contribution in [2.45, 2.75) is 103 Å². The Kier molecular flexibility index (Phi) is 6.21. The fourth-order valence-corrected chi connectivity index (χ4v) is 10.4. The van der Waals surface area contributed by atoms with E-state index in [0.717, 1.165) is 43.6 Å². The van der Waals surface area contributed by atoms with E-state index in [0.29, 0.717) is 47.3 Å². The third-order valence-corrected chi connectivity index (χ3v) is 12.2. The number of rotatable bonds is 3. The number of carbonyl (C=O) groups is 1. The second kappa shape index (κ2) is 8.81. The van der Waals surface area contributed by atoms with Gasteiger partial charge < -0.3 is 19.7 Å². The molecule has 1 spiro atoms. The van der Waals surface area contributed by atoms with E-state index in [4.69, 9.17) is 9.47 Å². The van der Waals surface area contributed by atoms with Crippen molar-refractivity contribution >= 4 is 5.91 Å². The number of likely N-dealkylation sites (N-methyl/N-ethyl adjacent to an activating group) is 1. The number of amides is 1. The Balaban J connectivity index is 1.18. The molecule has 5 nitrogen and oxygen atoms in total. The zero-order valence-corrected chi connectivity index (χ0v) is 23.6. The number of fused-ring (bicyclic) bond motifs is 7. The summed E-state index contributed by atoms with van der Waals surface area (Å²) >= 11 is 0. The molecule has 0 aromatic carbocycles. The molecule has 2 saturated heterocycles. The van der Waals surface area contributed by atoms with Crippen LogP contribution in [-0.4, -0.2) is 56.0 Å². The molecule has 6 rings (SSSR count). The van der Waals surface area contributed by atoms with Gasteiger partial charge in [0.15, 0.2) is 5.79 Å². The predicted octanol–water partition coefficient (Wildman–Crippen LogP) is 5.40. The molecule has 5 fully saturated rings. The lowest BCUT2D eigenvalue weighted by Gasteiger charge is -2.58. The molecule has 0 aromatic rings. The second-order valence-electron chi connectivity index (χ2n) is 14.5. The van der Waals surface area contributed by atoms with Gasteiger partial charge in [0.2, 0.25) is 5.91 Å². The minimum absolute atomic E-state index is 0.164. The van der Waals surface area contributed by atoms with Crippen molar-refractivity contribution in [3.8, 4) is 0 Å². The maximum atomic E-state index is 12.4. The van der Waals surface area contributed by atoms with Crippen LogP contribution in [0.25, 0.3) is 0 Å². The molecule has 0 aromatic heterocycles. The van der Waals surface area contributed by atoms with Crippen molar-refractivity contribution in [3.63, 3.8) is 0 Å². The molecule has 202 valence electrons. The third kappa shape index (κ3) is 3.77. The van der Waals surface area contributed by atoms with Crippen molar-refractivity contribution in [2.24, 2.45) is 46.3 Å². The van der Waals surface area contributed by atoms with E-state index in [1.807, 2.05) is 19.0 Å². The Morgan fingerprint density at radius 1 is 1.11 bits per heavy atom. The van der Waals surface area contributed by atoms with E-state index in [1.54, 1.807) is 5.57 Å². The van der Waals surface area contributed by atoms with E-state index < -0.39 is 0 Å². The van der Waals surface area contributed by atoms with E-state index in [1.165, 1.54) is 38.5 Å². The molecule has 0 bridgehead atoms. The molecule has 2 heterocycles. The summed E-state index contributed by atoms with van der Waals surface area (Å²) in [5.41, 5.74) is 2.32. The zero-order valence-electron chi connectivity index (χ0n) is 23.6. The quantitative estimate of drug-likeness (QED) is 0.530. The second-order valence-corrected chi connectivity index (χ2v) is 14.5. The summed E-state index contributed by atoms with van der Waals surface area (Å²) in [6.07, 6.45) is 13.8. The number of hydrogen-bond donors (Lipinski definition) is 1. The molecule has 2 aliphatic heterocycles. The molecule has 3 saturated carbocycles. The maximum Gasteiger partial charge on any atom is 0.234 e. The first-order valence-electron chi connectivity index (χ1n) is 15.0. The van der Waals surface area contributed by atoms with Gasteiger partial charge in [-0.05, 0) is 106 Å².